The van der Waals surface area contributed by atoms with Gasteiger partial charge in [0.1, 0.15) is 0 Å². The molecule has 0 aromatic heterocycles. The summed E-state index contributed by atoms with van der Waals surface area (Å²) >= 11 is 0. The molecule has 0 aliphatic carbocycles. The molecule has 4 nitrogen and oxygen atoms in total. The first-order valence-corrected chi connectivity index (χ1v) is 7.21. The maximum absolute atomic E-state index is 9.70. The van der Waals surface area contributed by atoms with Crippen LogP contribution in [-0.4, -0.2) is 45.8 Å². The van der Waals surface area contributed by atoms with Crippen LogP contribution in [0.25, 0.3) is 0 Å². The Morgan fingerprint density at radius 2 is 1.28 bits per heavy atom. The number of hydrogen-bond donors (Lipinski definition) is 4. The van der Waals surface area contributed by atoms with Crippen LogP contribution in [0.4, 0.5) is 0 Å². The lowest BCUT2D eigenvalue weighted by Gasteiger charge is -2.22. The average Bonchev–Trinajstić information content (AvgIpc) is 2.39. The number of rotatable bonds is 12. The lowest BCUT2D eigenvalue weighted by atomic mass is 9.96. The van der Waals surface area contributed by atoms with Crippen molar-refractivity contribution in [2.45, 2.75) is 70.5 Å². The van der Waals surface area contributed by atoms with Crippen molar-refractivity contribution in [2.24, 2.45) is 5.92 Å². The third kappa shape index (κ3) is 8.86. The van der Waals surface area contributed by atoms with Crippen LogP contribution < -0.4 is 0 Å². The highest BCUT2D eigenvalue weighted by Crippen LogP contribution is 2.14. The van der Waals surface area contributed by atoms with E-state index in [0.717, 1.165) is 38.5 Å². The van der Waals surface area contributed by atoms with E-state index >= 15 is 0 Å². The van der Waals surface area contributed by atoms with Crippen LogP contribution in [0.1, 0.15) is 58.3 Å². The van der Waals surface area contributed by atoms with Gasteiger partial charge in [-0.25, -0.2) is 0 Å². The highest BCUT2D eigenvalue weighted by Gasteiger charge is 2.21. The topological polar surface area (TPSA) is 80.9 Å². The molecular formula is C14H30O4. The van der Waals surface area contributed by atoms with Gasteiger partial charge in [-0.2, -0.15) is 0 Å². The molecule has 3 atom stereocenters. The lowest BCUT2D eigenvalue weighted by Crippen LogP contribution is -2.33. The zero-order valence-electron chi connectivity index (χ0n) is 11.6. The van der Waals surface area contributed by atoms with Crippen LogP contribution in [0.3, 0.4) is 0 Å². The molecule has 0 saturated heterocycles. The van der Waals surface area contributed by atoms with Crippen LogP contribution in [0, 0.1) is 5.92 Å². The third-order valence-electron chi connectivity index (χ3n) is 3.42. The SMILES string of the molecule is CC(CO)C(O)C(O)CCCCCCCCCO. The van der Waals surface area contributed by atoms with E-state index in [1.54, 1.807) is 6.92 Å². The minimum absolute atomic E-state index is 0.0942. The first-order valence-electron chi connectivity index (χ1n) is 7.21. The molecule has 0 spiro atoms. The summed E-state index contributed by atoms with van der Waals surface area (Å²) in [6, 6.07) is 0. The van der Waals surface area contributed by atoms with Crippen molar-refractivity contribution in [2.75, 3.05) is 13.2 Å². The first kappa shape index (κ1) is 17.8. The molecule has 0 radical (unpaired) electrons. The summed E-state index contributed by atoms with van der Waals surface area (Å²) in [7, 11) is 0. The largest absolute Gasteiger partial charge is 0.396 e. The monoisotopic (exact) mass is 262 g/mol. The number of hydrogen-bond acceptors (Lipinski definition) is 4. The maximum atomic E-state index is 9.70. The van der Waals surface area contributed by atoms with Crippen molar-refractivity contribution in [1.82, 2.24) is 0 Å². The van der Waals surface area contributed by atoms with Gasteiger partial charge in [-0.05, 0) is 12.8 Å². The highest BCUT2D eigenvalue weighted by molar-refractivity contribution is 4.72. The third-order valence-corrected chi connectivity index (χ3v) is 3.42. The van der Waals surface area contributed by atoms with Crippen LogP contribution in [0.5, 0.6) is 0 Å². The number of aliphatic hydroxyl groups is 4. The molecule has 0 amide bonds. The van der Waals surface area contributed by atoms with Gasteiger partial charge in [0.15, 0.2) is 0 Å². The van der Waals surface area contributed by atoms with Gasteiger partial charge >= 0.3 is 0 Å². The van der Waals surface area contributed by atoms with E-state index in [9.17, 15) is 10.2 Å². The molecule has 110 valence electrons. The summed E-state index contributed by atoms with van der Waals surface area (Å²) in [4.78, 5) is 0. The second-order valence-corrected chi connectivity index (χ2v) is 5.20. The van der Waals surface area contributed by atoms with E-state index in [0.29, 0.717) is 6.42 Å². The fourth-order valence-corrected chi connectivity index (χ4v) is 2.01. The highest BCUT2D eigenvalue weighted by atomic mass is 16.3. The van der Waals surface area contributed by atoms with Crippen molar-refractivity contribution < 1.29 is 20.4 Å². The Bertz CT molecular complexity index is 175. The molecule has 0 rings (SSSR count). The fraction of sp³-hybridized carbons (Fsp3) is 1.00. The minimum atomic E-state index is -0.820. The Hall–Kier alpha value is -0.160. The molecule has 3 unspecified atom stereocenters. The molecule has 4 N–H and O–H groups in total. The summed E-state index contributed by atoms with van der Waals surface area (Å²) < 4.78 is 0. The van der Waals surface area contributed by atoms with Crippen molar-refractivity contribution >= 4 is 0 Å². The van der Waals surface area contributed by atoms with Gasteiger partial charge in [-0.1, -0.05) is 45.4 Å². The van der Waals surface area contributed by atoms with Gasteiger partial charge in [0.25, 0.3) is 0 Å². The lowest BCUT2D eigenvalue weighted by molar-refractivity contribution is -0.0309. The first-order chi connectivity index (χ1) is 8.63. The second kappa shape index (κ2) is 11.9. The molecule has 4 heteroatoms. The Morgan fingerprint density at radius 1 is 0.778 bits per heavy atom. The van der Waals surface area contributed by atoms with Gasteiger partial charge in [-0.3, -0.25) is 0 Å². The predicted molar refractivity (Wildman–Crippen MR) is 72.3 cm³/mol. The van der Waals surface area contributed by atoms with Crippen molar-refractivity contribution in [3.8, 4) is 0 Å². The van der Waals surface area contributed by atoms with E-state index in [4.69, 9.17) is 10.2 Å². The van der Waals surface area contributed by atoms with Crippen LogP contribution >= 0.6 is 0 Å². The second-order valence-electron chi connectivity index (χ2n) is 5.20. The zero-order chi connectivity index (χ0) is 13.8. The Balaban J connectivity index is 3.37. The molecule has 0 bridgehead atoms. The molecule has 0 aliphatic rings. The Morgan fingerprint density at radius 3 is 1.78 bits per heavy atom. The summed E-state index contributed by atoms with van der Waals surface area (Å²) in [6.07, 6.45) is 6.49. The molecule has 0 heterocycles. The summed E-state index contributed by atoms with van der Waals surface area (Å²) in [5, 5.41) is 36.8. The van der Waals surface area contributed by atoms with E-state index in [2.05, 4.69) is 0 Å². The smallest absolute Gasteiger partial charge is 0.0846 e. The molecule has 0 aromatic rings. The molecule has 0 aliphatic heterocycles. The van der Waals surface area contributed by atoms with E-state index in [1.807, 2.05) is 0 Å². The number of unbranched alkanes of at least 4 members (excludes halogenated alkanes) is 6. The van der Waals surface area contributed by atoms with Crippen molar-refractivity contribution in [1.29, 1.82) is 0 Å². The Kier molecular flexibility index (Phi) is 11.8. The summed E-state index contributed by atoms with van der Waals surface area (Å²) in [5.41, 5.74) is 0. The van der Waals surface area contributed by atoms with Crippen LogP contribution in [0.15, 0.2) is 0 Å². The van der Waals surface area contributed by atoms with E-state index in [1.165, 1.54) is 6.42 Å². The summed E-state index contributed by atoms with van der Waals surface area (Å²) in [6.45, 7) is 1.92. The van der Waals surface area contributed by atoms with Gasteiger partial charge in [0.2, 0.25) is 0 Å². The van der Waals surface area contributed by atoms with Crippen molar-refractivity contribution in [3.05, 3.63) is 0 Å². The van der Waals surface area contributed by atoms with Crippen LogP contribution in [-0.2, 0) is 0 Å². The molecule has 0 saturated carbocycles. The van der Waals surface area contributed by atoms with Gasteiger partial charge in [0.05, 0.1) is 12.2 Å². The predicted octanol–water partition coefficient (Wildman–Crippen LogP) is 1.45. The fourth-order valence-electron chi connectivity index (χ4n) is 2.01. The zero-order valence-corrected chi connectivity index (χ0v) is 11.6. The van der Waals surface area contributed by atoms with E-state index < -0.39 is 12.2 Å². The van der Waals surface area contributed by atoms with Crippen LogP contribution in [0.2, 0.25) is 0 Å². The summed E-state index contributed by atoms with van der Waals surface area (Å²) in [5.74, 6) is -0.265. The quantitative estimate of drug-likeness (QED) is 0.401. The van der Waals surface area contributed by atoms with Gasteiger partial charge in [-0.15, -0.1) is 0 Å². The number of aliphatic hydroxyl groups excluding tert-OH is 4. The Labute approximate surface area is 111 Å². The minimum Gasteiger partial charge on any atom is -0.396 e. The van der Waals surface area contributed by atoms with Gasteiger partial charge in [0, 0.05) is 19.1 Å². The van der Waals surface area contributed by atoms with Gasteiger partial charge < -0.3 is 20.4 Å². The maximum Gasteiger partial charge on any atom is 0.0846 e. The molecule has 18 heavy (non-hydrogen) atoms. The standard InChI is InChI=1S/C14H30O4/c1-12(11-16)14(18)13(17)9-7-5-3-2-4-6-8-10-15/h12-18H,2-11H2,1H3. The molecule has 0 fully saturated rings. The van der Waals surface area contributed by atoms with E-state index in [-0.39, 0.29) is 19.1 Å². The average molecular weight is 262 g/mol. The normalized spacial score (nSPS) is 16.5. The molecule has 0 aromatic carbocycles. The van der Waals surface area contributed by atoms with Crippen molar-refractivity contribution in [3.63, 3.8) is 0 Å². The molecular weight excluding hydrogens is 232 g/mol.